The Bertz CT molecular complexity index is 558. The monoisotopic (exact) mass is 230 g/mol. The number of hydrogen-bond acceptors (Lipinski definition) is 3. The molecule has 2 rings (SSSR count). The highest BCUT2D eigenvalue weighted by molar-refractivity contribution is 6.04. The molecule has 0 aliphatic carbocycles. The third-order valence-electron chi connectivity index (χ3n) is 2.76. The molecule has 1 heterocycles. The summed E-state index contributed by atoms with van der Waals surface area (Å²) in [4.78, 5) is 11.9. The molecule has 0 saturated heterocycles. The minimum atomic E-state index is -0.202. The number of anilines is 1. The van der Waals surface area contributed by atoms with Gasteiger partial charge in [-0.1, -0.05) is 11.2 Å². The van der Waals surface area contributed by atoms with E-state index in [0.29, 0.717) is 11.3 Å². The summed E-state index contributed by atoms with van der Waals surface area (Å²) >= 11 is 0. The molecule has 1 aromatic heterocycles. The van der Waals surface area contributed by atoms with Crippen molar-refractivity contribution in [1.29, 1.82) is 0 Å². The highest BCUT2D eigenvalue weighted by Crippen LogP contribution is 2.16. The number of nitrogens with one attached hydrogen (secondary N) is 1. The fourth-order valence-corrected chi connectivity index (χ4v) is 1.53. The van der Waals surface area contributed by atoms with Gasteiger partial charge in [0.05, 0.1) is 6.20 Å². The molecule has 1 amide bonds. The van der Waals surface area contributed by atoms with Gasteiger partial charge in [0, 0.05) is 5.69 Å². The van der Waals surface area contributed by atoms with Crippen molar-refractivity contribution in [2.75, 3.05) is 5.32 Å². The molecule has 0 bridgehead atoms. The van der Waals surface area contributed by atoms with Gasteiger partial charge in [0.1, 0.15) is 11.3 Å². The Morgan fingerprint density at radius 1 is 1.24 bits per heavy atom. The van der Waals surface area contributed by atoms with E-state index in [2.05, 4.69) is 10.5 Å². The summed E-state index contributed by atoms with van der Waals surface area (Å²) in [6, 6.07) is 5.80. The number of benzene rings is 1. The van der Waals surface area contributed by atoms with Crippen LogP contribution in [0.2, 0.25) is 0 Å². The molecule has 0 fully saturated rings. The predicted octanol–water partition coefficient (Wildman–Crippen LogP) is 2.85. The first-order valence-electron chi connectivity index (χ1n) is 5.38. The summed E-state index contributed by atoms with van der Waals surface area (Å²) in [6.45, 7) is 5.75. The van der Waals surface area contributed by atoms with E-state index < -0.39 is 0 Å². The van der Waals surface area contributed by atoms with Gasteiger partial charge in [-0.3, -0.25) is 4.79 Å². The predicted molar refractivity (Wildman–Crippen MR) is 65.1 cm³/mol. The molecule has 4 heteroatoms. The quantitative estimate of drug-likeness (QED) is 0.863. The van der Waals surface area contributed by atoms with Gasteiger partial charge in [-0.05, 0) is 44.0 Å². The molecule has 0 aliphatic rings. The Labute approximate surface area is 99.6 Å². The molecule has 2 aromatic rings. The summed E-state index contributed by atoms with van der Waals surface area (Å²) in [7, 11) is 0. The van der Waals surface area contributed by atoms with Crippen LogP contribution in [-0.2, 0) is 0 Å². The number of hydrogen-bond donors (Lipinski definition) is 1. The molecule has 4 nitrogen and oxygen atoms in total. The van der Waals surface area contributed by atoms with Crippen LogP contribution >= 0.6 is 0 Å². The molecule has 1 N–H and O–H groups in total. The third kappa shape index (κ3) is 2.36. The minimum Gasteiger partial charge on any atom is -0.361 e. The van der Waals surface area contributed by atoms with Gasteiger partial charge in [0.2, 0.25) is 0 Å². The second-order valence-electron chi connectivity index (χ2n) is 4.05. The lowest BCUT2D eigenvalue weighted by atomic mass is 10.1. The normalized spacial score (nSPS) is 10.3. The molecule has 17 heavy (non-hydrogen) atoms. The lowest BCUT2D eigenvalue weighted by Crippen LogP contribution is -2.12. The van der Waals surface area contributed by atoms with Gasteiger partial charge in [0.15, 0.2) is 0 Å². The van der Waals surface area contributed by atoms with Gasteiger partial charge in [-0.25, -0.2) is 0 Å². The first-order chi connectivity index (χ1) is 8.08. The van der Waals surface area contributed by atoms with Crippen LogP contribution < -0.4 is 5.32 Å². The Balaban J connectivity index is 2.19. The molecular formula is C13H14N2O2. The van der Waals surface area contributed by atoms with Gasteiger partial charge >= 0.3 is 0 Å². The maximum absolute atomic E-state index is 11.9. The fraction of sp³-hybridized carbons (Fsp3) is 0.231. The number of amides is 1. The molecule has 0 saturated carbocycles. The Hall–Kier alpha value is -2.10. The molecule has 0 unspecified atom stereocenters. The Morgan fingerprint density at radius 2 is 2.00 bits per heavy atom. The highest BCUT2D eigenvalue weighted by Gasteiger charge is 2.12. The number of carbonyl (C=O) groups excluding carboxylic acids is 1. The molecular weight excluding hydrogens is 216 g/mol. The van der Waals surface area contributed by atoms with Crippen molar-refractivity contribution in [3.63, 3.8) is 0 Å². The van der Waals surface area contributed by atoms with Crippen LogP contribution in [0.3, 0.4) is 0 Å². The van der Waals surface area contributed by atoms with Crippen molar-refractivity contribution in [2.45, 2.75) is 20.8 Å². The topological polar surface area (TPSA) is 55.1 Å². The molecule has 1 aromatic carbocycles. The van der Waals surface area contributed by atoms with Gasteiger partial charge in [-0.15, -0.1) is 0 Å². The van der Waals surface area contributed by atoms with Crippen LogP contribution in [0.4, 0.5) is 5.69 Å². The van der Waals surface area contributed by atoms with E-state index in [1.54, 1.807) is 6.92 Å². The Kier molecular flexibility index (Phi) is 2.95. The second-order valence-corrected chi connectivity index (χ2v) is 4.05. The number of aryl methyl sites for hydroxylation is 3. The minimum absolute atomic E-state index is 0.202. The van der Waals surface area contributed by atoms with Gasteiger partial charge in [0.25, 0.3) is 5.91 Å². The van der Waals surface area contributed by atoms with Crippen molar-refractivity contribution < 1.29 is 9.32 Å². The van der Waals surface area contributed by atoms with Crippen LogP contribution in [-0.4, -0.2) is 11.1 Å². The van der Waals surface area contributed by atoms with Crippen molar-refractivity contribution in [3.05, 3.63) is 46.8 Å². The summed E-state index contributed by atoms with van der Waals surface area (Å²) in [5, 5.41) is 6.39. The summed E-state index contributed by atoms with van der Waals surface area (Å²) in [6.07, 6.45) is 1.42. The van der Waals surface area contributed by atoms with E-state index in [9.17, 15) is 4.79 Å². The maximum Gasteiger partial charge on any atom is 0.260 e. The fourth-order valence-electron chi connectivity index (χ4n) is 1.53. The lowest BCUT2D eigenvalue weighted by molar-refractivity contribution is 0.102. The number of carbonyl (C=O) groups is 1. The van der Waals surface area contributed by atoms with Crippen molar-refractivity contribution >= 4 is 11.6 Å². The largest absolute Gasteiger partial charge is 0.361 e. The lowest BCUT2D eigenvalue weighted by Gasteiger charge is -2.06. The van der Waals surface area contributed by atoms with Crippen LogP contribution in [0, 0.1) is 20.8 Å². The van der Waals surface area contributed by atoms with E-state index >= 15 is 0 Å². The average molecular weight is 230 g/mol. The van der Waals surface area contributed by atoms with E-state index in [1.807, 2.05) is 32.0 Å². The second kappa shape index (κ2) is 4.41. The standard InChI is InChI=1S/C13H14N2O2/c1-8-4-5-11(6-9(8)2)15-13(16)12-7-14-17-10(12)3/h4-7H,1-3H3,(H,15,16). The van der Waals surface area contributed by atoms with Crippen molar-refractivity contribution in [1.82, 2.24) is 5.16 Å². The number of aromatic nitrogens is 1. The third-order valence-corrected chi connectivity index (χ3v) is 2.76. The van der Waals surface area contributed by atoms with Crippen molar-refractivity contribution in [3.8, 4) is 0 Å². The number of nitrogens with zero attached hydrogens (tertiary/aromatic N) is 1. The van der Waals surface area contributed by atoms with Crippen molar-refractivity contribution in [2.24, 2.45) is 0 Å². The van der Waals surface area contributed by atoms with Crippen LogP contribution in [0.5, 0.6) is 0 Å². The highest BCUT2D eigenvalue weighted by atomic mass is 16.5. The van der Waals surface area contributed by atoms with E-state index in [4.69, 9.17) is 4.52 Å². The van der Waals surface area contributed by atoms with E-state index in [0.717, 1.165) is 11.3 Å². The van der Waals surface area contributed by atoms with E-state index in [1.165, 1.54) is 11.8 Å². The van der Waals surface area contributed by atoms with E-state index in [-0.39, 0.29) is 5.91 Å². The zero-order valence-corrected chi connectivity index (χ0v) is 10.1. The SMILES string of the molecule is Cc1ccc(NC(=O)c2cnoc2C)cc1C. The molecule has 88 valence electrons. The molecule has 0 radical (unpaired) electrons. The van der Waals surface area contributed by atoms with Crippen LogP contribution in [0.15, 0.2) is 28.9 Å². The van der Waals surface area contributed by atoms with Crippen LogP contribution in [0.1, 0.15) is 27.2 Å². The van der Waals surface area contributed by atoms with Gasteiger partial charge < -0.3 is 9.84 Å². The first-order valence-corrected chi connectivity index (χ1v) is 5.38. The summed E-state index contributed by atoms with van der Waals surface area (Å²) < 4.78 is 4.86. The zero-order valence-electron chi connectivity index (χ0n) is 10.1. The first kappa shape index (κ1) is 11.4. The molecule has 0 atom stereocenters. The van der Waals surface area contributed by atoms with Crippen LogP contribution in [0.25, 0.3) is 0 Å². The number of rotatable bonds is 2. The molecule has 0 spiro atoms. The summed E-state index contributed by atoms with van der Waals surface area (Å²) in [5.41, 5.74) is 3.58. The maximum atomic E-state index is 11.9. The average Bonchev–Trinajstić information content (AvgIpc) is 2.70. The molecule has 0 aliphatic heterocycles. The Morgan fingerprint density at radius 3 is 2.59 bits per heavy atom. The smallest absolute Gasteiger partial charge is 0.260 e. The summed E-state index contributed by atoms with van der Waals surface area (Å²) in [5.74, 6) is 0.318. The zero-order chi connectivity index (χ0) is 12.4. The van der Waals surface area contributed by atoms with Gasteiger partial charge in [-0.2, -0.15) is 0 Å².